The van der Waals surface area contributed by atoms with Gasteiger partial charge in [-0.15, -0.1) is 0 Å². The minimum absolute atomic E-state index is 0.0467. The average Bonchev–Trinajstić information content (AvgIpc) is 2.53. The van der Waals surface area contributed by atoms with E-state index in [0.29, 0.717) is 6.61 Å². The maximum atomic E-state index is 11.7. The summed E-state index contributed by atoms with van der Waals surface area (Å²) in [4.78, 5) is 2.48. The zero-order valence-corrected chi connectivity index (χ0v) is 15.4. The minimum atomic E-state index is -3.21. The smallest absolute Gasteiger partial charge is 0.209 e. The summed E-state index contributed by atoms with van der Waals surface area (Å²) >= 11 is 0. The van der Waals surface area contributed by atoms with Crippen LogP contribution in [0.15, 0.2) is 24.3 Å². The van der Waals surface area contributed by atoms with E-state index in [0.717, 1.165) is 45.5 Å². The topological polar surface area (TPSA) is 58.6 Å². The largest absolute Gasteiger partial charge is 0.380 e. The van der Waals surface area contributed by atoms with E-state index in [2.05, 4.69) is 40.8 Å². The van der Waals surface area contributed by atoms with E-state index in [1.165, 1.54) is 17.4 Å². The number of sulfonamides is 1. The van der Waals surface area contributed by atoms with E-state index in [1.807, 2.05) is 0 Å². The van der Waals surface area contributed by atoms with Gasteiger partial charge in [-0.1, -0.05) is 29.8 Å². The third-order valence-electron chi connectivity index (χ3n) is 5.50. The zero-order valence-electron chi connectivity index (χ0n) is 14.6. The number of rotatable bonds is 4. The normalized spacial score (nSPS) is 25.0. The first-order chi connectivity index (χ1) is 11.4. The van der Waals surface area contributed by atoms with Gasteiger partial charge in [-0.25, -0.2) is 13.1 Å². The Kier molecular flexibility index (Phi) is 5.30. The van der Waals surface area contributed by atoms with Crippen molar-refractivity contribution in [2.24, 2.45) is 5.41 Å². The number of nitrogens with zero attached hydrogens (tertiary/aromatic N) is 1. The van der Waals surface area contributed by atoms with Crippen LogP contribution >= 0.6 is 0 Å². The first-order valence-electron chi connectivity index (χ1n) is 8.69. The number of hydrogen-bond acceptors (Lipinski definition) is 4. The third kappa shape index (κ3) is 4.36. The monoisotopic (exact) mass is 352 g/mol. The van der Waals surface area contributed by atoms with Gasteiger partial charge in [-0.2, -0.15) is 0 Å². The third-order valence-corrected chi connectivity index (χ3v) is 6.22. The van der Waals surface area contributed by atoms with Crippen LogP contribution in [0.4, 0.5) is 0 Å². The lowest BCUT2D eigenvalue weighted by molar-refractivity contribution is -0.0445. The van der Waals surface area contributed by atoms with Crippen molar-refractivity contribution in [3.05, 3.63) is 35.4 Å². The quantitative estimate of drug-likeness (QED) is 0.899. The fraction of sp³-hybridized carbons (Fsp3) is 0.667. The molecule has 0 unspecified atom stereocenters. The van der Waals surface area contributed by atoms with Crippen molar-refractivity contribution in [3.63, 3.8) is 0 Å². The molecule has 134 valence electrons. The number of hydrogen-bond donors (Lipinski definition) is 1. The van der Waals surface area contributed by atoms with Crippen LogP contribution in [0.1, 0.15) is 30.4 Å². The predicted molar refractivity (Wildman–Crippen MR) is 95.3 cm³/mol. The van der Waals surface area contributed by atoms with Crippen LogP contribution < -0.4 is 4.72 Å². The van der Waals surface area contributed by atoms with Crippen molar-refractivity contribution in [3.8, 4) is 0 Å². The Morgan fingerprint density at radius 2 is 1.88 bits per heavy atom. The van der Waals surface area contributed by atoms with Crippen LogP contribution in [0.3, 0.4) is 0 Å². The maximum Gasteiger partial charge on any atom is 0.209 e. The maximum absolute atomic E-state index is 11.7. The van der Waals surface area contributed by atoms with Crippen LogP contribution in [-0.2, 0) is 21.3 Å². The molecule has 1 N–H and O–H groups in total. The molecule has 6 heteroatoms. The molecule has 1 spiro atoms. The molecule has 2 heterocycles. The highest BCUT2D eigenvalue weighted by Crippen LogP contribution is 2.41. The van der Waals surface area contributed by atoms with E-state index >= 15 is 0 Å². The molecule has 2 saturated heterocycles. The van der Waals surface area contributed by atoms with Gasteiger partial charge in [0.25, 0.3) is 0 Å². The fourth-order valence-electron chi connectivity index (χ4n) is 3.95. The predicted octanol–water partition coefficient (Wildman–Crippen LogP) is 1.92. The molecule has 2 aliphatic heterocycles. The summed E-state index contributed by atoms with van der Waals surface area (Å²) in [5.41, 5.74) is 2.67. The Balaban J connectivity index is 1.62. The van der Waals surface area contributed by atoms with Crippen molar-refractivity contribution < 1.29 is 13.2 Å². The number of benzene rings is 1. The molecular formula is C18H28N2O3S. The zero-order chi connectivity index (χ0) is 17.2. The molecular weight excluding hydrogens is 324 g/mol. The van der Waals surface area contributed by atoms with Crippen molar-refractivity contribution in [1.29, 1.82) is 0 Å². The molecule has 0 amide bonds. The van der Waals surface area contributed by atoms with Crippen LogP contribution in [0.5, 0.6) is 0 Å². The number of likely N-dealkylation sites (tertiary alicyclic amines) is 1. The van der Waals surface area contributed by atoms with Gasteiger partial charge in [-0.3, -0.25) is 4.90 Å². The van der Waals surface area contributed by atoms with Crippen molar-refractivity contribution in [2.45, 2.75) is 38.8 Å². The second-order valence-corrected chi connectivity index (χ2v) is 9.17. The summed E-state index contributed by atoms with van der Waals surface area (Å²) in [6.07, 6.45) is 4.23. The number of ether oxygens (including phenoxy) is 1. The second kappa shape index (κ2) is 7.12. The molecule has 0 aromatic heterocycles. The van der Waals surface area contributed by atoms with Crippen molar-refractivity contribution in [2.75, 3.05) is 32.6 Å². The molecule has 24 heavy (non-hydrogen) atoms. The lowest BCUT2D eigenvalue weighted by Crippen LogP contribution is -2.57. The Bertz CT molecular complexity index is 649. The van der Waals surface area contributed by atoms with Crippen LogP contribution in [0.25, 0.3) is 0 Å². The highest BCUT2D eigenvalue weighted by atomic mass is 32.2. The Morgan fingerprint density at radius 1 is 1.21 bits per heavy atom. The van der Waals surface area contributed by atoms with Gasteiger partial charge in [0.05, 0.1) is 18.9 Å². The van der Waals surface area contributed by atoms with Gasteiger partial charge >= 0.3 is 0 Å². The van der Waals surface area contributed by atoms with E-state index in [9.17, 15) is 8.42 Å². The van der Waals surface area contributed by atoms with Gasteiger partial charge < -0.3 is 4.74 Å². The Hall–Kier alpha value is -0.950. The average molecular weight is 353 g/mol. The van der Waals surface area contributed by atoms with E-state index in [-0.39, 0.29) is 11.5 Å². The lowest BCUT2D eigenvalue weighted by atomic mass is 9.69. The van der Waals surface area contributed by atoms with E-state index < -0.39 is 10.0 Å². The molecule has 2 fully saturated rings. The van der Waals surface area contributed by atoms with Gasteiger partial charge in [0.15, 0.2) is 0 Å². The van der Waals surface area contributed by atoms with Gasteiger partial charge in [0, 0.05) is 13.2 Å². The molecule has 1 aromatic rings. The SMILES string of the molecule is Cc1ccc(CN2CCC3(CCOC[C@@H]3NS(C)(=O)=O)CC2)cc1. The van der Waals surface area contributed by atoms with Gasteiger partial charge in [0.2, 0.25) is 10.0 Å². The van der Waals surface area contributed by atoms with Gasteiger partial charge in [-0.05, 0) is 50.3 Å². The summed E-state index contributed by atoms with van der Waals surface area (Å²) in [7, 11) is -3.21. The molecule has 3 rings (SSSR count). The molecule has 2 aliphatic rings. The second-order valence-electron chi connectivity index (χ2n) is 7.39. The Labute approximate surface area is 145 Å². The first kappa shape index (κ1) is 17.9. The lowest BCUT2D eigenvalue weighted by Gasteiger charge is -2.48. The van der Waals surface area contributed by atoms with E-state index in [4.69, 9.17) is 4.74 Å². The molecule has 0 saturated carbocycles. The standard InChI is InChI=1S/C18H28N2O3S/c1-15-3-5-16(6-4-15)13-20-10-7-18(8-11-20)9-12-23-14-17(18)19-24(2,21)22/h3-6,17,19H,7-14H2,1-2H3/t17-/m0/s1. The first-order valence-corrected chi connectivity index (χ1v) is 10.6. The summed E-state index contributed by atoms with van der Waals surface area (Å²) in [6.45, 7) is 6.32. The fourth-order valence-corrected chi connectivity index (χ4v) is 4.79. The molecule has 1 atom stereocenters. The van der Waals surface area contributed by atoms with Gasteiger partial charge in [0.1, 0.15) is 0 Å². The molecule has 1 aromatic carbocycles. The van der Waals surface area contributed by atoms with Crippen LogP contribution in [-0.4, -0.2) is 51.9 Å². The van der Waals surface area contributed by atoms with Crippen LogP contribution in [0, 0.1) is 12.3 Å². The molecule has 0 aliphatic carbocycles. The highest BCUT2D eigenvalue weighted by Gasteiger charge is 2.44. The summed E-state index contributed by atoms with van der Waals surface area (Å²) in [5.74, 6) is 0. The molecule has 0 bridgehead atoms. The number of aryl methyl sites for hydroxylation is 1. The number of piperidine rings is 1. The summed E-state index contributed by atoms with van der Waals surface area (Å²) < 4.78 is 31.7. The number of nitrogens with one attached hydrogen (secondary N) is 1. The van der Waals surface area contributed by atoms with E-state index in [1.54, 1.807) is 0 Å². The van der Waals surface area contributed by atoms with Crippen molar-refractivity contribution in [1.82, 2.24) is 9.62 Å². The van der Waals surface area contributed by atoms with Crippen molar-refractivity contribution >= 4 is 10.0 Å². The molecule has 5 nitrogen and oxygen atoms in total. The summed E-state index contributed by atoms with van der Waals surface area (Å²) in [6, 6.07) is 8.61. The van der Waals surface area contributed by atoms with Crippen LogP contribution in [0.2, 0.25) is 0 Å². The highest BCUT2D eigenvalue weighted by molar-refractivity contribution is 7.88. The summed E-state index contributed by atoms with van der Waals surface area (Å²) in [5, 5.41) is 0. The Morgan fingerprint density at radius 3 is 2.50 bits per heavy atom. The minimum Gasteiger partial charge on any atom is -0.380 e. The molecule has 0 radical (unpaired) electrons.